The van der Waals surface area contributed by atoms with Gasteiger partial charge in [-0.1, -0.05) is 29.8 Å². The Morgan fingerprint density at radius 3 is 2.50 bits per heavy atom. The number of methoxy groups -OCH3 is 1. The molecule has 0 aliphatic heterocycles. The molecule has 28 heavy (non-hydrogen) atoms. The van der Waals surface area contributed by atoms with Crippen LogP contribution >= 0.6 is 11.6 Å². The third kappa shape index (κ3) is 5.89. The number of aryl methyl sites for hydroxylation is 2. The van der Waals surface area contributed by atoms with Crippen LogP contribution in [0.25, 0.3) is 0 Å². The van der Waals surface area contributed by atoms with Crippen LogP contribution in [0.2, 0.25) is 5.02 Å². The number of carbonyl (C=O) groups is 2. The molecule has 1 unspecified atom stereocenters. The number of amides is 1. The molecule has 0 saturated carbocycles. The number of esters is 1. The van der Waals surface area contributed by atoms with Crippen LogP contribution in [-0.4, -0.2) is 31.7 Å². The van der Waals surface area contributed by atoms with Gasteiger partial charge in [0.2, 0.25) is 0 Å². The van der Waals surface area contributed by atoms with Crippen LogP contribution in [0.4, 0.5) is 5.69 Å². The van der Waals surface area contributed by atoms with Crippen molar-refractivity contribution in [2.24, 2.45) is 0 Å². The van der Waals surface area contributed by atoms with Crippen molar-refractivity contribution in [1.82, 2.24) is 0 Å². The Morgan fingerprint density at radius 1 is 1.11 bits per heavy atom. The number of halogens is 1. The summed E-state index contributed by atoms with van der Waals surface area (Å²) in [6, 6.07) is 10.8. The fourth-order valence-electron chi connectivity index (χ4n) is 2.44. The number of ether oxygens (including phenoxy) is 3. The molecular formula is C21H24ClNO5. The van der Waals surface area contributed by atoms with E-state index in [0.717, 1.165) is 11.1 Å². The van der Waals surface area contributed by atoms with Crippen LogP contribution in [-0.2, 0) is 14.3 Å². The second-order valence-electron chi connectivity index (χ2n) is 6.29. The van der Waals surface area contributed by atoms with Gasteiger partial charge in [-0.25, -0.2) is 0 Å². The fraction of sp³-hybridized carbons (Fsp3) is 0.333. The Hall–Kier alpha value is -2.73. The number of hydrogen-bond acceptors (Lipinski definition) is 5. The summed E-state index contributed by atoms with van der Waals surface area (Å²) < 4.78 is 16.0. The second-order valence-corrected chi connectivity index (χ2v) is 6.69. The zero-order chi connectivity index (χ0) is 20.7. The molecule has 2 aromatic rings. The standard InChI is InChI=1S/C21H24ClNO5/c1-13-7-5-6-8-18(13)27-10-9-20(24)28-15(3)21(25)23-17-11-14(2)16(22)12-19(17)26-4/h5-8,11-12,15H,9-10H2,1-4H3,(H,23,25). The van der Waals surface area contributed by atoms with Crippen molar-refractivity contribution >= 4 is 29.2 Å². The summed E-state index contributed by atoms with van der Waals surface area (Å²) in [5.74, 6) is 0.157. The Bertz CT molecular complexity index is 853. The highest BCUT2D eigenvalue weighted by atomic mass is 35.5. The van der Waals surface area contributed by atoms with Crippen LogP contribution in [0, 0.1) is 13.8 Å². The molecule has 1 N–H and O–H groups in total. The summed E-state index contributed by atoms with van der Waals surface area (Å²) in [4.78, 5) is 24.3. The van der Waals surface area contributed by atoms with Gasteiger partial charge in [-0.3, -0.25) is 9.59 Å². The number of benzene rings is 2. The van der Waals surface area contributed by atoms with Crippen LogP contribution in [0.15, 0.2) is 36.4 Å². The summed E-state index contributed by atoms with van der Waals surface area (Å²) in [5, 5.41) is 3.22. The van der Waals surface area contributed by atoms with Crippen molar-refractivity contribution in [2.75, 3.05) is 19.0 Å². The van der Waals surface area contributed by atoms with E-state index in [1.807, 2.05) is 38.1 Å². The molecule has 0 saturated heterocycles. The van der Waals surface area contributed by atoms with Crippen LogP contribution in [0.5, 0.6) is 11.5 Å². The summed E-state index contributed by atoms with van der Waals surface area (Å²) >= 11 is 6.06. The molecule has 1 amide bonds. The van der Waals surface area contributed by atoms with Crippen molar-refractivity contribution in [2.45, 2.75) is 33.3 Å². The average Bonchev–Trinajstić information content (AvgIpc) is 2.65. The predicted molar refractivity (Wildman–Crippen MR) is 108 cm³/mol. The molecule has 2 aromatic carbocycles. The predicted octanol–water partition coefficient (Wildman–Crippen LogP) is 4.30. The normalized spacial score (nSPS) is 11.5. The third-order valence-electron chi connectivity index (χ3n) is 4.07. The van der Waals surface area contributed by atoms with Crippen molar-refractivity contribution in [3.63, 3.8) is 0 Å². The monoisotopic (exact) mass is 405 g/mol. The molecule has 0 aliphatic carbocycles. The van der Waals surface area contributed by atoms with Gasteiger partial charge in [0, 0.05) is 11.1 Å². The topological polar surface area (TPSA) is 73.9 Å². The van der Waals surface area contributed by atoms with E-state index < -0.39 is 18.0 Å². The number of rotatable bonds is 8. The smallest absolute Gasteiger partial charge is 0.310 e. The maximum absolute atomic E-state index is 12.3. The van der Waals surface area contributed by atoms with Gasteiger partial charge >= 0.3 is 5.97 Å². The molecule has 0 aliphatic rings. The molecule has 0 spiro atoms. The zero-order valence-corrected chi connectivity index (χ0v) is 17.1. The van der Waals surface area contributed by atoms with Crippen molar-refractivity contribution in [3.8, 4) is 11.5 Å². The largest absolute Gasteiger partial charge is 0.495 e. The first-order valence-corrected chi connectivity index (χ1v) is 9.22. The minimum atomic E-state index is -0.966. The Balaban J connectivity index is 1.85. The molecule has 1 atom stereocenters. The molecule has 0 aromatic heterocycles. The van der Waals surface area contributed by atoms with Crippen LogP contribution < -0.4 is 14.8 Å². The second kappa shape index (κ2) is 9.99. The Morgan fingerprint density at radius 2 is 1.82 bits per heavy atom. The molecule has 0 radical (unpaired) electrons. The highest BCUT2D eigenvalue weighted by molar-refractivity contribution is 6.31. The molecule has 2 rings (SSSR count). The van der Waals surface area contributed by atoms with Gasteiger partial charge in [-0.15, -0.1) is 0 Å². The number of hydrogen-bond donors (Lipinski definition) is 1. The quantitative estimate of drug-likeness (QED) is 0.662. The maximum atomic E-state index is 12.3. The Kier molecular flexibility index (Phi) is 7.70. The molecule has 0 bridgehead atoms. The summed E-state index contributed by atoms with van der Waals surface area (Å²) in [7, 11) is 1.48. The van der Waals surface area contributed by atoms with Crippen molar-refractivity contribution in [3.05, 3.63) is 52.5 Å². The van der Waals surface area contributed by atoms with E-state index in [0.29, 0.717) is 22.2 Å². The third-order valence-corrected chi connectivity index (χ3v) is 4.48. The van der Waals surface area contributed by atoms with Crippen molar-refractivity contribution in [1.29, 1.82) is 0 Å². The maximum Gasteiger partial charge on any atom is 0.310 e. The minimum Gasteiger partial charge on any atom is -0.495 e. The van der Waals surface area contributed by atoms with Crippen LogP contribution in [0.3, 0.4) is 0 Å². The minimum absolute atomic E-state index is 0.0370. The zero-order valence-electron chi connectivity index (χ0n) is 16.4. The van der Waals surface area contributed by atoms with E-state index in [1.165, 1.54) is 14.0 Å². The lowest BCUT2D eigenvalue weighted by Gasteiger charge is -2.16. The van der Waals surface area contributed by atoms with E-state index in [4.69, 9.17) is 25.8 Å². The van der Waals surface area contributed by atoms with Crippen molar-refractivity contribution < 1.29 is 23.8 Å². The number of nitrogens with one attached hydrogen (secondary N) is 1. The van der Waals surface area contributed by atoms with Gasteiger partial charge in [0.1, 0.15) is 11.5 Å². The van der Waals surface area contributed by atoms with Gasteiger partial charge in [-0.2, -0.15) is 0 Å². The summed E-state index contributed by atoms with van der Waals surface area (Å²) in [5.41, 5.74) is 2.23. The Labute approximate surface area is 169 Å². The molecule has 0 heterocycles. The highest BCUT2D eigenvalue weighted by Gasteiger charge is 2.20. The highest BCUT2D eigenvalue weighted by Crippen LogP contribution is 2.31. The first kappa shape index (κ1) is 21.6. The first-order valence-electron chi connectivity index (χ1n) is 8.84. The van der Waals surface area contributed by atoms with E-state index in [9.17, 15) is 9.59 Å². The molecular weight excluding hydrogens is 382 g/mol. The van der Waals surface area contributed by atoms with Gasteiger partial charge < -0.3 is 19.5 Å². The van der Waals surface area contributed by atoms with Crippen LogP contribution in [0.1, 0.15) is 24.5 Å². The van der Waals surface area contributed by atoms with E-state index in [2.05, 4.69) is 5.32 Å². The molecule has 7 heteroatoms. The summed E-state index contributed by atoms with van der Waals surface area (Å²) in [6.45, 7) is 5.41. The van der Waals surface area contributed by atoms with E-state index >= 15 is 0 Å². The number of para-hydroxylation sites is 1. The lowest BCUT2D eigenvalue weighted by Crippen LogP contribution is -2.30. The van der Waals surface area contributed by atoms with Gasteiger partial charge in [0.25, 0.3) is 5.91 Å². The van der Waals surface area contributed by atoms with Gasteiger partial charge in [0.05, 0.1) is 25.8 Å². The first-order chi connectivity index (χ1) is 13.3. The SMILES string of the molecule is COc1cc(Cl)c(C)cc1NC(=O)C(C)OC(=O)CCOc1ccccc1C. The molecule has 150 valence electrons. The number of carbonyl (C=O) groups excluding carboxylic acids is 2. The molecule has 6 nitrogen and oxygen atoms in total. The van der Waals surface area contributed by atoms with E-state index in [1.54, 1.807) is 12.1 Å². The molecule has 0 fully saturated rings. The van der Waals surface area contributed by atoms with E-state index in [-0.39, 0.29) is 13.0 Å². The fourth-order valence-corrected chi connectivity index (χ4v) is 2.59. The lowest BCUT2D eigenvalue weighted by molar-refractivity contribution is -0.153. The average molecular weight is 406 g/mol. The summed E-state index contributed by atoms with van der Waals surface area (Å²) in [6.07, 6.45) is -0.929. The van der Waals surface area contributed by atoms with Gasteiger partial charge in [0.15, 0.2) is 6.10 Å². The lowest BCUT2D eigenvalue weighted by atomic mass is 10.2. The number of anilines is 1. The van der Waals surface area contributed by atoms with Gasteiger partial charge in [-0.05, 0) is 44.0 Å².